The van der Waals surface area contributed by atoms with E-state index < -0.39 is 23.6 Å². The molecule has 4 nitrogen and oxygen atoms in total. The maximum atomic E-state index is 12.1. The van der Waals surface area contributed by atoms with Crippen molar-refractivity contribution in [3.05, 3.63) is 27.7 Å². The fourth-order valence-corrected chi connectivity index (χ4v) is 1.72. The average Bonchev–Trinajstić information content (AvgIpc) is 2.26. The molecule has 1 aromatic rings. The maximum absolute atomic E-state index is 12.1. The first-order valence-electron chi connectivity index (χ1n) is 4.36. The Bertz CT molecular complexity index is 522. The van der Waals surface area contributed by atoms with E-state index in [1.165, 1.54) is 6.07 Å². The van der Waals surface area contributed by atoms with Crippen LogP contribution in [0.2, 0.25) is 0 Å². The van der Waals surface area contributed by atoms with Gasteiger partial charge in [0.1, 0.15) is 17.4 Å². The van der Waals surface area contributed by atoms with Crippen LogP contribution in [0.3, 0.4) is 0 Å². The molecule has 1 rings (SSSR count). The van der Waals surface area contributed by atoms with Crippen molar-refractivity contribution < 1.29 is 27.4 Å². The molecule has 0 amide bonds. The summed E-state index contributed by atoms with van der Waals surface area (Å²) in [7, 11) is 1.11. The smallest absolute Gasteiger partial charge is 0.465 e. The van der Waals surface area contributed by atoms with Crippen LogP contribution in [0.15, 0.2) is 16.6 Å². The molecule has 18 heavy (non-hydrogen) atoms. The molecule has 8 heteroatoms. The number of carbonyl (C=O) groups excluding carboxylic acids is 1. The lowest BCUT2D eigenvalue weighted by molar-refractivity contribution is -0.274. The van der Waals surface area contributed by atoms with Gasteiger partial charge in [0, 0.05) is 0 Å². The molecule has 0 aliphatic heterocycles. The number of nitrogens with zero attached hydrogens (tertiary/aromatic N) is 1. The van der Waals surface area contributed by atoms with Crippen LogP contribution in [0.4, 0.5) is 13.2 Å². The Morgan fingerprint density at radius 2 is 2.06 bits per heavy atom. The highest BCUT2D eigenvalue weighted by Crippen LogP contribution is 2.33. The minimum atomic E-state index is -4.92. The third-order valence-corrected chi connectivity index (χ3v) is 2.67. The van der Waals surface area contributed by atoms with Crippen LogP contribution in [0, 0.1) is 11.3 Å². The zero-order chi connectivity index (χ0) is 13.9. The van der Waals surface area contributed by atoms with Crippen LogP contribution in [0.25, 0.3) is 0 Å². The van der Waals surface area contributed by atoms with Gasteiger partial charge in [0.2, 0.25) is 0 Å². The summed E-state index contributed by atoms with van der Waals surface area (Å²) in [5, 5.41) is 8.80. The Morgan fingerprint density at radius 1 is 1.44 bits per heavy atom. The molecule has 0 aliphatic rings. The van der Waals surface area contributed by atoms with E-state index in [1.54, 1.807) is 0 Å². The van der Waals surface area contributed by atoms with E-state index in [1.807, 2.05) is 0 Å². The summed E-state index contributed by atoms with van der Waals surface area (Å²) in [6.07, 6.45) is -4.92. The van der Waals surface area contributed by atoms with Crippen LogP contribution in [-0.4, -0.2) is 19.4 Å². The Kier molecular flexibility index (Phi) is 4.19. The zero-order valence-corrected chi connectivity index (χ0v) is 10.4. The molecule has 0 saturated heterocycles. The van der Waals surface area contributed by atoms with Crippen molar-refractivity contribution in [3.8, 4) is 11.8 Å². The van der Waals surface area contributed by atoms with Crippen molar-refractivity contribution in [2.45, 2.75) is 6.36 Å². The van der Waals surface area contributed by atoms with Gasteiger partial charge in [-0.3, -0.25) is 0 Å². The highest BCUT2D eigenvalue weighted by atomic mass is 79.9. The fourth-order valence-electron chi connectivity index (χ4n) is 1.14. The fraction of sp³-hybridized carbons (Fsp3) is 0.200. The van der Waals surface area contributed by atoms with Crippen molar-refractivity contribution in [2.75, 3.05) is 7.11 Å². The summed E-state index contributed by atoms with van der Waals surface area (Å²) in [6, 6.07) is 3.47. The standard InChI is InChI=1S/C10H5BrF3NO3/c1-17-9(16)5-2-3-7(18-10(12,13)14)6(4-15)8(5)11/h2-3H,1H3. The van der Waals surface area contributed by atoms with Crippen molar-refractivity contribution in [1.82, 2.24) is 0 Å². The van der Waals surface area contributed by atoms with Crippen LogP contribution in [0.5, 0.6) is 5.75 Å². The molecule has 96 valence electrons. The highest BCUT2D eigenvalue weighted by molar-refractivity contribution is 9.10. The van der Waals surface area contributed by atoms with E-state index in [2.05, 4.69) is 25.4 Å². The summed E-state index contributed by atoms with van der Waals surface area (Å²) >= 11 is 2.87. The number of hydrogen-bond donors (Lipinski definition) is 0. The van der Waals surface area contributed by atoms with Gasteiger partial charge in [-0.15, -0.1) is 13.2 Å². The van der Waals surface area contributed by atoms with Gasteiger partial charge in [0.25, 0.3) is 0 Å². The Hall–Kier alpha value is -1.75. The lowest BCUT2D eigenvalue weighted by Crippen LogP contribution is -2.18. The van der Waals surface area contributed by atoms with Crippen LogP contribution in [-0.2, 0) is 4.74 Å². The SMILES string of the molecule is COC(=O)c1ccc(OC(F)(F)F)c(C#N)c1Br. The topological polar surface area (TPSA) is 59.3 Å². The number of esters is 1. The third kappa shape index (κ3) is 3.13. The predicted molar refractivity (Wildman–Crippen MR) is 56.9 cm³/mol. The number of hydrogen-bond acceptors (Lipinski definition) is 4. The van der Waals surface area contributed by atoms with Crippen molar-refractivity contribution in [1.29, 1.82) is 5.26 Å². The number of carbonyl (C=O) groups is 1. The molecular formula is C10H5BrF3NO3. The van der Waals surface area contributed by atoms with Gasteiger partial charge in [-0.25, -0.2) is 4.79 Å². The molecule has 0 N–H and O–H groups in total. The quantitative estimate of drug-likeness (QED) is 0.785. The molecule has 0 fully saturated rings. The second-order valence-electron chi connectivity index (χ2n) is 2.95. The van der Waals surface area contributed by atoms with E-state index in [9.17, 15) is 18.0 Å². The van der Waals surface area contributed by atoms with Crippen LogP contribution < -0.4 is 4.74 Å². The second-order valence-corrected chi connectivity index (χ2v) is 3.74. The Labute approximate surface area is 108 Å². The second kappa shape index (κ2) is 5.27. The third-order valence-electron chi connectivity index (χ3n) is 1.85. The van der Waals surface area contributed by atoms with Crippen LogP contribution in [0.1, 0.15) is 15.9 Å². The van der Waals surface area contributed by atoms with Gasteiger partial charge < -0.3 is 9.47 Å². The normalized spacial score (nSPS) is 10.7. The van der Waals surface area contributed by atoms with Crippen molar-refractivity contribution in [2.24, 2.45) is 0 Å². The number of ether oxygens (including phenoxy) is 2. The zero-order valence-electron chi connectivity index (χ0n) is 8.84. The first-order valence-corrected chi connectivity index (χ1v) is 5.16. The number of rotatable bonds is 2. The van der Waals surface area contributed by atoms with Gasteiger partial charge >= 0.3 is 12.3 Å². The van der Waals surface area contributed by atoms with E-state index in [4.69, 9.17) is 5.26 Å². The molecule has 0 aromatic heterocycles. The number of halogens is 4. The van der Waals surface area contributed by atoms with E-state index in [0.29, 0.717) is 0 Å². The molecular weight excluding hydrogens is 319 g/mol. The summed E-state index contributed by atoms with van der Waals surface area (Å²) in [5.41, 5.74) is -0.501. The molecule has 0 heterocycles. The minimum absolute atomic E-state index is 0.0661. The first-order chi connectivity index (χ1) is 8.30. The van der Waals surface area contributed by atoms with Gasteiger partial charge in [0.15, 0.2) is 0 Å². The summed E-state index contributed by atoms with van der Waals surface area (Å²) in [5.74, 6) is -1.47. The maximum Gasteiger partial charge on any atom is 0.573 e. The number of methoxy groups -OCH3 is 1. The first kappa shape index (κ1) is 14.3. The van der Waals surface area contributed by atoms with Gasteiger partial charge in [0.05, 0.1) is 17.1 Å². The molecule has 0 radical (unpaired) electrons. The molecule has 0 saturated carbocycles. The molecule has 0 unspecified atom stereocenters. The monoisotopic (exact) mass is 323 g/mol. The molecule has 0 aliphatic carbocycles. The van der Waals surface area contributed by atoms with Crippen LogP contribution >= 0.6 is 15.9 Å². The molecule has 0 spiro atoms. The van der Waals surface area contributed by atoms with E-state index in [-0.39, 0.29) is 10.0 Å². The van der Waals surface area contributed by atoms with Crippen molar-refractivity contribution in [3.63, 3.8) is 0 Å². The lowest BCUT2D eigenvalue weighted by Gasteiger charge is -2.12. The number of benzene rings is 1. The summed E-state index contributed by atoms with van der Waals surface area (Å²) < 4.78 is 44.2. The molecule has 0 bridgehead atoms. The van der Waals surface area contributed by atoms with Gasteiger partial charge in [-0.2, -0.15) is 5.26 Å². The summed E-state index contributed by atoms with van der Waals surface area (Å²) in [6.45, 7) is 0. The number of alkyl halides is 3. The highest BCUT2D eigenvalue weighted by Gasteiger charge is 2.33. The van der Waals surface area contributed by atoms with E-state index in [0.717, 1.165) is 19.2 Å². The molecule has 0 atom stereocenters. The predicted octanol–water partition coefficient (Wildman–Crippen LogP) is 3.01. The summed E-state index contributed by atoms with van der Waals surface area (Å²) in [4.78, 5) is 11.3. The average molecular weight is 324 g/mol. The minimum Gasteiger partial charge on any atom is -0.465 e. The Morgan fingerprint density at radius 3 is 2.50 bits per heavy atom. The lowest BCUT2D eigenvalue weighted by atomic mass is 10.1. The Balaban J connectivity index is 3.31. The van der Waals surface area contributed by atoms with Gasteiger partial charge in [-0.1, -0.05) is 0 Å². The molecule has 1 aromatic carbocycles. The van der Waals surface area contributed by atoms with Crippen molar-refractivity contribution >= 4 is 21.9 Å². The largest absolute Gasteiger partial charge is 0.573 e. The van der Waals surface area contributed by atoms with Gasteiger partial charge in [-0.05, 0) is 28.1 Å². The number of nitriles is 1. The van der Waals surface area contributed by atoms with E-state index >= 15 is 0 Å².